The molecule has 0 bridgehead atoms. The van der Waals surface area contributed by atoms with Gasteiger partial charge in [-0.05, 0) is 19.1 Å². The molecule has 1 atom stereocenters. The van der Waals surface area contributed by atoms with Crippen LogP contribution < -0.4 is 0 Å². The highest BCUT2D eigenvalue weighted by molar-refractivity contribution is 5.88. The van der Waals surface area contributed by atoms with Crippen LogP contribution in [0.3, 0.4) is 0 Å². The van der Waals surface area contributed by atoms with Crippen molar-refractivity contribution in [2.24, 2.45) is 0 Å². The highest BCUT2D eigenvalue weighted by atomic mass is 17.2. The Morgan fingerprint density at radius 1 is 1.32 bits per heavy atom. The summed E-state index contributed by atoms with van der Waals surface area (Å²) in [5.41, 5.74) is 0.460. The largest absolute Gasteiger partial charge is 0.457 e. The van der Waals surface area contributed by atoms with E-state index in [0.29, 0.717) is 0 Å². The molecule has 0 saturated heterocycles. The summed E-state index contributed by atoms with van der Waals surface area (Å²) in [6.07, 6.45) is -1.56. The van der Waals surface area contributed by atoms with Crippen LogP contribution in [0.5, 0.6) is 0 Å². The number of ether oxygens (including phenoxy) is 1. The zero-order valence-corrected chi connectivity index (χ0v) is 10.4. The minimum atomic E-state index is -1.56. The monoisotopic (exact) mass is 266 g/mol. The van der Waals surface area contributed by atoms with Crippen LogP contribution in [-0.4, -0.2) is 29.9 Å². The fraction of sp³-hybridized carbons (Fsp3) is 0.231. The standard InChI is InChI=1S/C13H14O6/c1-9(2)12(15)17-8-11(14)18-19-13(16)10-6-4-3-5-7-10/h3-7,11,14H,1,8H2,2H3. The van der Waals surface area contributed by atoms with Gasteiger partial charge in [-0.15, -0.1) is 4.89 Å². The lowest BCUT2D eigenvalue weighted by Gasteiger charge is -2.10. The molecule has 102 valence electrons. The van der Waals surface area contributed by atoms with Crippen LogP contribution in [0, 0.1) is 0 Å². The van der Waals surface area contributed by atoms with Crippen molar-refractivity contribution in [2.45, 2.75) is 13.2 Å². The minimum absolute atomic E-state index is 0.188. The zero-order chi connectivity index (χ0) is 14.3. The predicted molar refractivity (Wildman–Crippen MR) is 64.7 cm³/mol. The van der Waals surface area contributed by atoms with Crippen LogP contribution >= 0.6 is 0 Å². The molecule has 0 aliphatic rings. The molecule has 0 radical (unpaired) electrons. The van der Waals surface area contributed by atoms with Crippen molar-refractivity contribution in [3.63, 3.8) is 0 Å². The molecule has 1 aromatic carbocycles. The van der Waals surface area contributed by atoms with Crippen LogP contribution in [0.25, 0.3) is 0 Å². The van der Waals surface area contributed by atoms with Gasteiger partial charge in [0.1, 0.15) is 6.61 Å². The molecule has 0 aromatic heterocycles. The third-order valence-corrected chi connectivity index (χ3v) is 1.95. The molecule has 0 aliphatic heterocycles. The van der Waals surface area contributed by atoms with Crippen molar-refractivity contribution in [3.8, 4) is 0 Å². The lowest BCUT2D eigenvalue weighted by atomic mass is 10.2. The van der Waals surface area contributed by atoms with Gasteiger partial charge in [-0.25, -0.2) is 9.59 Å². The fourth-order valence-electron chi connectivity index (χ4n) is 1.02. The summed E-state index contributed by atoms with van der Waals surface area (Å²) in [7, 11) is 0. The number of carbonyl (C=O) groups excluding carboxylic acids is 2. The Morgan fingerprint density at radius 2 is 1.95 bits per heavy atom. The van der Waals surface area contributed by atoms with E-state index in [1.807, 2.05) is 0 Å². The maximum atomic E-state index is 11.4. The first-order chi connectivity index (χ1) is 9.00. The molecule has 1 rings (SSSR count). The summed E-state index contributed by atoms with van der Waals surface area (Å²) in [6, 6.07) is 8.10. The summed E-state index contributed by atoms with van der Waals surface area (Å²) >= 11 is 0. The number of hydrogen-bond donors (Lipinski definition) is 1. The Bertz CT molecular complexity index is 453. The second kappa shape index (κ2) is 7.30. The highest BCUT2D eigenvalue weighted by Gasteiger charge is 2.14. The van der Waals surface area contributed by atoms with E-state index >= 15 is 0 Å². The Balaban J connectivity index is 2.31. The number of hydrogen-bond acceptors (Lipinski definition) is 6. The van der Waals surface area contributed by atoms with Gasteiger partial charge in [0, 0.05) is 5.57 Å². The van der Waals surface area contributed by atoms with Crippen LogP contribution in [0.15, 0.2) is 42.5 Å². The van der Waals surface area contributed by atoms with E-state index in [-0.39, 0.29) is 11.1 Å². The van der Waals surface area contributed by atoms with Gasteiger partial charge in [0.2, 0.25) is 6.29 Å². The Morgan fingerprint density at radius 3 is 2.53 bits per heavy atom. The van der Waals surface area contributed by atoms with Gasteiger partial charge in [-0.2, -0.15) is 0 Å². The molecule has 19 heavy (non-hydrogen) atoms. The van der Waals surface area contributed by atoms with E-state index in [4.69, 9.17) is 0 Å². The van der Waals surface area contributed by atoms with Crippen molar-refractivity contribution < 1.29 is 29.2 Å². The minimum Gasteiger partial charge on any atom is -0.457 e. The molecule has 0 fully saturated rings. The Labute approximate surface area is 110 Å². The second-order valence-electron chi connectivity index (χ2n) is 3.67. The lowest BCUT2D eigenvalue weighted by Crippen LogP contribution is -2.23. The van der Waals surface area contributed by atoms with Gasteiger partial charge in [-0.1, -0.05) is 24.8 Å². The van der Waals surface area contributed by atoms with Crippen LogP contribution in [0.4, 0.5) is 0 Å². The fourth-order valence-corrected chi connectivity index (χ4v) is 1.02. The molecule has 1 N–H and O–H groups in total. The summed E-state index contributed by atoms with van der Waals surface area (Å²) in [4.78, 5) is 31.2. The van der Waals surface area contributed by atoms with Gasteiger partial charge in [0.05, 0.1) is 5.56 Å². The number of esters is 1. The van der Waals surface area contributed by atoms with Gasteiger partial charge in [0.15, 0.2) is 0 Å². The number of rotatable bonds is 6. The SMILES string of the molecule is C=C(C)C(=O)OCC(O)OOC(=O)c1ccccc1. The zero-order valence-electron chi connectivity index (χ0n) is 10.4. The maximum absolute atomic E-state index is 11.4. The van der Waals surface area contributed by atoms with E-state index < -0.39 is 24.8 Å². The first-order valence-corrected chi connectivity index (χ1v) is 5.44. The van der Waals surface area contributed by atoms with Crippen molar-refractivity contribution >= 4 is 11.9 Å². The summed E-state index contributed by atoms with van der Waals surface area (Å²) in [5, 5.41) is 9.27. The molecular formula is C13H14O6. The third-order valence-electron chi connectivity index (χ3n) is 1.95. The van der Waals surface area contributed by atoms with Crippen molar-refractivity contribution in [3.05, 3.63) is 48.0 Å². The third kappa shape index (κ3) is 5.33. The number of carbonyl (C=O) groups is 2. The summed E-state index contributed by atoms with van der Waals surface area (Å²) < 4.78 is 4.60. The van der Waals surface area contributed by atoms with E-state index in [1.165, 1.54) is 19.1 Å². The number of aliphatic hydroxyl groups is 1. The topological polar surface area (TPSA) is 82.1 Å². The normalized spacial score (nSPS) is 11.5. The van der Waals surface area contributed by atoms with Crippen molar-refractivity contribution in [1.29, 1.82) is 0 Å². The molecule has 6 nitrogen and oxygen atoms in total. The summed E-state index contributed by atoms with van der Waals surface area (Å²) in [6.45, 7) is 4.36. The maximum Gasteiger partial charge on any atom is 0.373 e. The summed E-state index contributed by atoms with van der Waals surface area (Å²) in [5.74, 6) is -1.43. The van der Waals surface area contributed by atoms with Crippen LogP contribution in [-0.2, 0) is 19.3 Å². The first-order valence-electron chi connectivity index (χ1n) is 5.44. The molecule has 1 aromatic rings. The Kier molecular flexibility index (Phi) is 5.72. The number of aliphatic hydroxyl groups excluding tert-OH is 1. The van der Waals surface area contributed by atoms with E-state index in [2.05, 4.69) is 21.1 Å². The molecule has 0 aliphatic carbocycles. The van der Waals surface area contributed by atoms with E-state index in [1.54, 1.807) is 18.2 Å². The van der Waals surface area contributed by atoms with Gasteiger partial charge >= 0.3 is 11.9 Å². The van der Waals surface area contributed by atoms with Crippen LogP contribution in [0.2, 0.25) is 0 Å². The number of benzene rings is 1. The van der Waals surface area contributed by atoms with Crippen LogP contribution in [0.1, 0.15) is 17.3 Å². The average Bonchev–Trinajstić information content (AvgIpc) is 2.42. The molecule has 0 spiro atoms. The molecular weight excluding hydrogens is 252 g/mol. The molecule has 6 heteroatoms. The Hall–Kier alpha value is -2.18. The van der Waals surface area contributed by atoms with Crippen molar-refractivity contribution in [2.75, 3.05) is 6.61 Å². The highest BCUT2D eigenvalue weighted by Crippen LogP contribution is 2.03. The molecule has 0 saturated carbocycles. The molecule has 0 heterocycles. The van der Waals surface area contributed by atoms with E-state index in [9.17, 15) is 14.7 Å². The average molecular weight is 266 g/mol. The second-order valence-corrected chi connectivity index (χ2v) is 3.67. The van der Waals surface area contributed by atoms with Gasteiger partial charge in [0.25, 0.3) is 0 Å². The van der Waals surface area contributed by atoms with Gasteiger partial charge in [-0.3, -0.25) is 4.89 Å². The first kappa shape index (κ1) is 14.9. The van der Waals surface area contributed by atoms with Gasteiger partial charge < -0.3 is 9.84 Å². The van der Waals surface area contributed by atoms with E-state index in [0.717, 1.165) is 0 Å². The smallest absolute Gasteiger partial charge is 0.373 e. The molecule has 1 unspecified atom stereocenters. The lowest BCUT2D eigenvalue weighted by molar-refractivity contribution is -0.334. The quantitative estimate of drug-likeness (QED) is 0.274. The predicted octanol–water partition coefficient (Wildman–Crippen LogP) is 1.21. The van der Waals surface area contributed by atoms with Crippen molar-refractivity contribution in [1.82, 2.24) is 0 Å². The molecule has 0 amide bonds.